The SMILES string of the molecule is CCOCCc1ccccc1O. The lowest BCUT2D eigenvalue weighted by Gasteiger charge is -2.03. The molecule has 2 heteroatoms. The number of benzene rings is 1. The van der Waals surface area contributed by atoms with E-state index < -0.39 is 0 Å². The van der Waals surface area contributed by atoms with Crippen LogP contribution in [0.15, 0.2) is 24.3 Å². The number of phenols is 1. The molecule has 1 aromatic rings. The molecular formula is C10H14O2. The number of hydrogen-bond donors (Lipinski definition) is 1. The van der Waals surface area contributed by atoms with Crippen molar-refractivity contribution in [1.82, 2.24) is 0 Å². The van der Waals surface area contributed by atoms with Crippen LogP contribution < -0.4 is 0 Å². The molecule has 1 rings (SSSR count). The molecule has 0 aliphatic heterocycles. The third-order valence-electron chi connectivity index (χ3n) is 1.71. The van der Waals surface area contributed by atoms with E-state index in [1.54, 1.807) is 6.07 Å². The van der Waals surface area contributed by atoms with Crippen LogP contribution in [-0.4, -0.2) is 18.3 Å². The minimum absolute atomic E-state index is 0.359. The van der Waals surface area contributed by atoms with Crippen molar-refractivity contribution in [2.75, 3.05) is 13.2 Å². The van der Waals surface area contributed by atoms with Crippen LogP contribution in [0.1, 0.15) is 12.5 Å². The van der Waals surface area contributed by atoms with Crippen molar-refractivity contribution in [2.24, 2.45) is 0 Å². The molecule has 0 unspecified atom stereocenters. The van der Waals surface area contributed by atoms with Crippen LogP contribution in [0.25, 0.3) is 0 Å². The van der Waals surface area contributed by atoms with Crippen LogP contribution in [0.5, 0.6) is 5.75 Å². The summed E-state index contributed by atoms with van der Waals surface area (Å²) in [6.07, 6.45) is 0.778. The van der Waals surface area contributed by atoms with Gasteiger partial charge in [0.15, 0.2) is 0 Å². The van der Waals surface area contributed by atoms with E-state index >= 15 is 0 Å². The zero-order valence-electron chi connectivity index (χ0n) is 7.29. The monoisotopic (exact) mass is 166 g/mol. The molecule has 0 radical (unpaired) electrons. The molecule has 0 saturated heterocycles. The molecule has 0 aromatic heterocycles. The molecule has 0 aliphatic carbocycles. The van der Waals surface area contributed by atoms with Crippen molar-refractivity contribution in [2.45, 2.75) is 13.3 Å². The van der Waals surface area contributed by atoms with E-state index in [0.717, 1.165) is 18.6 Å². The Labute approximate surface area is 72.8 Å². The summed E-state index contributed by atoms with van der Waals surface area (Å²) >= 11 is 0. The molecule has 0 atom stereocenters. The number of phenolic OH excluding ortho intramolecular Hbond substituents is 1. The van der Waals surface area contributed by atoms with Crippen LogP contribution in [0.4, 0.5) is 0 Å². The van der Waals surface area contributed by atoms with Crippen molar-refractivity contribution in [3.63, 3.8) is 0 Å². The second kappa shape index (κ2) is 4.78. The maximum Gasteiger partial charge on any atom is 0.118 e. The Kier molecular flexibility index (Phi) is 3.61. The number of rotatable bonds is 4. The maximum absolute atomic E-state index is 9.35. The standard InChI is InChI=1S/C10H14O2/c1-2-12-8-7-9-5-3-4-6-10(9)11/h3-6,11H,2,7-8H2,1H3. The lowest BCUT2D eigenvalue weighted by molar-refractivity contribution is 0.150. The topological polar surface area (TPSA) is 29.5 Å². The Hall–Kier alpha value is -1.02. The van der Waals surface area contributed by atoms with Gasteiger partial charge in [-0.2, -0.15) is 0 Å². The fraction of sp³-hybridized carbons (Fsp3) is 0.400. The molecule has 2 nitrogen and oxygen atoms in total. The molecular weight excluding hydrogens is 152 g/mol. The summed E-state index contributed by atoms with van der Waals surface area (Å²) in [5.74, 6) is 0.359. The van der Waals surface area contributed by atoms with E-state index in [1.807, 2.05) is 25.1 Å². The molecule has 0 amide bonds. The molecule has 0 saturated carbocycles. The fourth-order valence-corrected chi connectivity index (χ4v) is 1.05. The Morgan fingerprint density at radius 2 is 2.08 bits per heavy atom. The third kappa shape index (κ3) is 2.55. The summed E-state index contributed by atoms with van der Waals surface area (Å²) in [6.45, 7) is 3.37. The van der Waals surface area contributed by atoms with E-state index in [4.69, 9.17) is 4.74 Å². The van der Waals surface area contributed by atoms with Crippen LogP contribution >= 0.6 is 0 Å². The fourth-order valence-electron chi connectivity index (χ4n) is 1.05. The highest BCUT2D eigenvalue weighted by Gasteiger charge is 1.97. The Balaban J connectivity index is 2.46. The average Bonchev–Trinajstić information content (AvgIpc) is 2.09. The van der Waals surface area contributed by atoms with Gasteiger partial charge in [0, 0.05) is 6.61 Å². The lowest BCUT2D eigenvalue weighted by atomic mass is 10.1. The summed E-state index contributed by atoms with van der Waals surface area (Å²) in [7, 11) is 0. The first kappa shape index (κ1) is 9.07. The predicted molar refractivity (Wildman–Crippen MR) is 48.3 cm³/mol. The summed E-state index contributed by atoms with van der Waals surface area (Å²) < 4.78 is 5.18. The summed E-state index contributed by atoms with van der Waals surface area (Å²) in [5.41, 5.74) is 0.950. The third-order valence-corrected chi connectivity index (χ3v) is 1.71. The number of para-hydroxylation sites is 1. The van der Waals surface area contributed by atoms with Gasteiger partial charge in [0.25, 0.3) is 0 Å². The van der Waals surface area contributed by atoms with Crippen molar-refractivity contribution in [3.8, 4) is 5.75 Å². The van der Waals surface area contributed by atoms with E-state index in [9.17, 15) is 5.11 Å². The van der Waals surface area contributed by atoms with Crippen LogP contribution in [0, 0.1) is 0 Å². The van der Waals surface area contributed by atoms with Crippen molar-refractivity contribution in [1.29, 1.82) is 0 Å². The number of ether oxygens (including phenoxy) is 1. The normalized spacial score (nSPS) is 10.1. The van der Waals surface area contributed by atoms with Gasteiger partial charge in [-0.15, -0.1) is 0 Å². The summed E-state index contributed by atoms with van der Waals surface area (Å²) in [5, 5.41) is 9.35. The highest BCUT2D eigenvalue weighted by atomic mass is 16.5. The Morgan fingerprint density at radius 3 is 2.75 bits per heavy atom. The van der Waals surface area contributed by atoms with Gasteiger partial charge in [0.1, 0.15) is 5.75 Å². The van der Waals surface area contributed by atoms with Crippen LogP contribution in [0.3, 0.4) is 0 Å². The summed E-state index contributed by atoms with van der Waals surface area (Å²) in [4.78, 5) is 0. The molecule has 0 spiro atoms. The molecule has 0 aliphatic rings. The van der Waals surface area contributed by atoms with Gasteiger partial charge in [-0.05, 0) is 25.0 Å². The van der Waals surface area contributed by atoms with E-state index in [-0.39, 0.29) is 0 Å². The average molecular weight is 166 g/mol. The lowest BCUT2D eigenvalue weighted by Crippen LogP contribution is -1.97. The Morgan fingerprint density at radius 1 is 1.33 bits per heavy atom. The quantitative estimate of drug-likeness (QED) is 0.693. The van der Waals surface area contributed by atoms with Crippen LogP contribution in [-0.2, 0) is 11.2 Å². The van der Waals surface area contributed by atoms with E-state index in [1.165, 1.54) is 0 Å². The number of aromatic hydroxyl groups is 1. The predicted octanol–water partition coefficient (Wildman–Crippen LogP) is 1.97. The maximum atomic E-state index is 9.35. The van der Waals surface area contributed by atoms with Gasteiger partial charge in [-0.25, -0.2) is 0 Å². The van der Waals surface area contributed by atoms with Crippen molar-refractivity contribution in [3.05, 3.63) is 29.8 Å². The molecule has 12 heavy (non-hydrogen) atoms. The molecule has 0 bridgehead atoms. The largest absolute Gasteiger partial charge is 0.508 e. The first-order chi connectivity index (χ1) is 5.84. The first-order valence-corrected chi connectivity index (χ1v) is 4.19. The molecule has 0 heterocycles. The molecule has 1 N–H and O–H groups in total. The molecule has 1 aromatic carbocycles. The highest BCUT2D eigenvalue weighted by molar-refractivity contribution is 5.31. The van der Waals surface area contributed by atoms with Gasteiger partial charge >= 0.3 is 0 Å². The molecule has 0 fully saturated rings. The van der Waals surface area contributed by atoms with E-state index in [0.29, 0.717) is 12.4 Å². The highest BCUT2D eigenvalue weighted by Crippen LogP contribution is 2.15. The van der Waals surface area contributed by atoms with Crippen molar-refractivity contribution >= 4 is 0 Å². The van der Waals surface area contributed by atoms with Gasteiger partial charge in [-0.3, -0.25) is 0 Å². The minimum Gasteiger partial charge on any atom is -0.508 e. The zero-order valence-corrected chi connectivity index (χ0v) is 7.29. The van der Waals surface area contributed by atoms with Gasteiger partial charge < -0.3 is 9.84 Å². The van der Waals surface area contributed by atoms with Crippen LogP contribution in [0.2, 0.25) is 0 Å². The second-order valence-corrected chi connectivity index (χ2v) is 2.58. The minimum atomic E-state index is 0.359. The smallest absolute Gasteiger partial charge is 0.118 e. The van der Waals surface area contributed by atoms with Gasteiger partial charge in [0.2, 0.25) is 0 Å². The zero-order chi connectivity index (χ0) is 8.81. The summed E-state index contributed by atoms with van der Waals surface area (Å²) in [6, 6.07) is 7.34. The first-order valence-electron chi connectivity index (χ1n) is 4.19. The van der Waals surface area contributed by atoms with Gasteiger partial charge in [-0.1, -0.05) is 18.2 Å². The second-order valence-electron chi connectivity index (χ2n) is 2.58. The molecule has 66 valence electrons. The number of hydrogen-bond acceptors (Lipinski definition) is 2. The van der Waals surface area contributed by atoms with Gasteiger partial charge in [0.05, 0.1) is 6.61 Å². The van der Waals surface area contributed by atoms with Crippen molar-refractivity contribution < 1.29 is 9.84 Å². The Bertz CT molecular complexity index is 233. The van der Waals surface area contributed by atoms with E-state index in [2.05, 4.69) is 0 Å².